The van der Waals surface area contributed by atoms with Gasteiger partial charge in [0.2, 0.25) is 11.8 Å². The third-order valence-electron chi connectivity index (χ3n) is 2.97. The van der Waals surface area contributed by atoms with Crippen molar-refractivity contribution in [2.75, 3.05) is 20.6 Å². The highest BCUT2D eigenvalue weighted by Gasteiger charge is 2.28. The topological polar surface area (TPSA) is 61.4 Å². The molecule has 1 aliphatic rings. The Labute approximate surface area is 109 Å². The molecule has 1 saturated heterocycles. The van der Waals surface area contributed by atoms with Gasteiger partial charge in [0, 0.05) is 18.5 Å². The lowest BCUT2D eigenvalue weighted by Gasteiger charge is -2.31. The SMILES string of the molecule is CN(C)CC(C)(C)NC(=O)[C@@H]1CCCCC(=O)N1. The molecule has 0 saturated carbocycles. The number of nitrogens with zero attached hydrogens (tertiary/aromatic N) is 1. The Morgan fingerprint density at radius 2 is 2.11 bits per heavy atom. The van der Waals surface area contributed by atoms with Crippen molar-refractivity contribution in [2.24, 2.45) is 0 Å². The Kier molecular flexibility index (Phi) is 5.14. The summed E-state index contributed by atoms with van der Waals surface area (Å²) in [6.07, 6.45) is 3.06. The molecule has 0 aromatic heterocycles. The molecule has 2 N–H and O–H groups in total. The van der Waals surface area contributed by atoms with Gasteiger partial charge in [-0.25, -0.2) is 0 Å². The molecule has 5 heteroatoms. The summed E-state index contributed by atoms with van der Waals surface area (Å²) in [5.41, 5.74) is -0.294. The summed E-state index contributed by atoms with van der Waals surface area (Å²) in [6, 6.07) is -0.374. The average molecular weight is 255 g/mol. The molecule has 0 aliphatic carbocycles. The molecule has 1 rings (SSSR count). The molecular weight excluding hydrogens is 230 g/mol. The molecule has 5 nitrogen and oxygen atoms in total. The van der Waals surface area contributed by atoms with Crippen molar-refractivity contribution in [1.29, 1.82) is 0 Å². The molecule has 1 fully saturated rings. The second-order valence-electron chi connectivity index (χ2n) is 5.98. The van der Waals surface area contributed by atoms with Gasteiger partial charge in [-0.3, -0.25) is 9.59 Å². The minimum absolute atomic E-state index is 0.0157. The fourth-order valence-corrected chi connectivity index (χ4v) is 2.42. The third-order valence-corrected chi connectivity index (χ3v) is 2.97. The van der Waals surface area contributed by atoms with Gasteiger partial charge < -0.3 is 15.5 Å². The highest BCUT2D eigenvalue weighted by Crippen LogP contribution is 2.11. The van der Waals surface area contributed by atoms with E-state index in [9.17, 15) is 9.59 Å². The summed E-state index contributed by atoms with van der Waals surface area (Å²) >= 11 is 0. The van der Waals surface area contributed by atoms with E-state index in [4.69, 9.17) is 0 Å². The molecule has 0 aromatic carbocycles. The summed E-state index contributed by atoms with van der Waals surface area (Å²) in [7, 11) is 3.95. The maximum atomic E-state index is 12.1. The number of likely N-dealkylation sites (N-methyl/N-ethyl adjacent to an activating group) is 1. The highest BCUT2D eigenvalue weighted by atomic mass is 16.2. The maximum Gasteiger partial charge on any atom is 0.243 e. The van der Waals surface area contributed by atoms with Crippen LogP contribution in [0.15, 0.2) is 0 Å². The molecule has 0 bridgehead atoms. The first kappa shape index (κ1) is 15.0. The van der Waals surface area contributed by atoms with Gasteiger partial charge in [-0.1, -0.05) is 6.42 Å². The summed E-state index contributed by atoms with van der Waals surface area (Å²) in [4.78, 5) is 25.6. The van der Waals surface area contributed by atoms with Crippen molar-refractivity contribution in [2.45, 2.75) is 51.1 Å². The van der Waals surface area contributed by atoms with Crippen LogP contribution in [0.3, 0.4) is 0 Å². The van der Waals surface area contributed by atoms with Crippen LogP contribution in [0.1, 0.15) is 39.5 Å². The number of nitrogens with one attached hydrogen (secondary N) is 2. The van der Waals surface area contributed by atoms with Crippen molar-refractivity contribution in [1.82, 2.24) is 15.5 Å². The zero-order valence-corrected chi connectivity index (χ0v) is 11.9. The number of carbonyl (C=O) groups excluding carboxylic acids is 2. The zero-order valence-electron chi connectivity index (χ0n) is 11.9. The molecule has 0 aromatic rings. The van der Waals surface area contributed by atoms with Gasteiger partial charge in [-0.2, -0.15) is 0 Å². The van der Waals surface area contributed by atoms with E-state index in [1.165, 1.54) is 0 Å². The predicted molar refractivity (Wildman–Crippen MR) is 71.2 cm³/mol. The average Bonchev–Trinajstić information content (AvgIpc) is 2.39. The predicted octanol–water partition coefficient (Wildman–Crippen LogP) is 0.502. The van der Waals surface area contributed by atoms with Gasteiger partial charge >= 0.3 is 0 Å². The fourth-order valence-electron chi connectivity index (χ4n) is 2.42. The molecule has 2 amide bonds. The molecule has 0 spiro atoms. The Hall–Kier alpha value is -1.10. The van der Waals surface area contributed by atoms with Crippen molar-refractivity contribution in [3.8, 4) is 0 Å². The zero-order chi connectivity index (χ0) is 13.8. The van der Waals surface area contributed by atoms with Gasteiger partial charge in [0.25, 0.3) is 0 Å². The quantitative estimate of drug-likeness (QED) is 0.769. The minimum atomic E-state index is -0.374. The molecule has 1 atom stereocenters. The Bertz CT molecular complexity index is 313. The largest absolute Gasteiger partial charge is 0.348 e. The van der Waals surface area contributed by atoms with E-state index in [0.29, 0.717) is 6.42 Å². The van der Waals surface area contributed by atoms with E-state index in [1.54, 1.807) is 0 Å². The molecule has 0 unspecified atom stereocenters. The standard InChI is InChI=1S/C13H25N3O2/c1-13(2,9-16(3)4)15-12(18)10-7-5-6-8-11(17)14-10/h10H,5-9H2,1-4H3,(H,14,17)(H,15,18)/t10-/m0/s1. The van der Waals surface area contributed by atoms with Gasteiger partial charge in [0.1, 0.15) is 6.04 Å². The van der Waals surface area contributed by atoms with Crippen LogP contribution in [-0.2, 0) is 9.59 Å². The normalized spacial score (nSPS) is 21.4. The fraction of sp³-hybridized carbons (Fsp3) is 0.846. The highest BCUT2D eigenvalue weighted by molar-refractivity contribution is 5.88. The van der Waals surface area contributed by atoms with Crippen molar-refractivity contribution in [3.63, 3.8) is 0 Å². The number of amides is 2. The summed E-state index contributed by atoms with van der Waals surface area (Å²) in [6.45, 7) is 4.74. The summed E-state index contributed by atoms with van der Waals surface area (Å²) in [5.74, 6) is -0.0878. The smallest absolute Gasteiger partial charge is 0.243 e. The Morgan fingerprint density at radius 3 is 2.72 bits per heavy atom. The van der Waals surface area contributed by atoms with Crippen molar-refractivity contribution >= 4 is 11.8 Å². The van der Waals surface area contributed by atoms with Crippen LogP contribution in [0.5, 0.6) is 0 Å². The second-order valence-corrected chi connectivity index (χ2v) is 5.98. The summed E-state index contributed by atoms with van der Waals surface area (Å²) in [5, 5.41) is 5.80. The molecule has 18 heavy (non-hydrogen) atoms. The molecule has 104 valence electrons. The van der Waals surface area contributed by atoms with Crippen LogP contribution in [0.2, 0.25) is 0 Å². The molecular formula is C13H25N3O2. The van der Waals surface area contributed by atoms with Crippen LogP contribution in [-0.4, -0.2) is 48.9 Å². The number of hydrogen-bond donors (Lipinski definition) is 2. The van der Waals surface area contributed by atoms with E-state index in [0.717, 1.165) is 25.8 Å². The van der Waals surface area contributed by atoms with Crippen LogP contribution in [0, 0.1) is 0 Å². The first-order chi connectivity index (χ1) is 8.30. The van der Waals surface area contributed by atoms with Crippen molar-refractivity contribution in [3.05, 3.63) is 0 Å². The van der Waals surface area contributed by atoms with Crippen molar-refractivity contribution < 1.29 is 9.59 Å². The second kappa shape index (κ2) is 6.18. The summed E-state index contributed by atoms with van der Waals surface area (Å²) < 4.78 is 0. The van der Waals surface area contributed by atoms with E-state index in [2.05, 4.69) is 10.6 Å². The lowest BCUT2D eigenvalue weighted by molar-refractivity contribution is -0.129. The van der Waals surface area contributed by atoms with Crippen LogP contribution < -0.4 is 10.6 Å². The van der Waals surface area contributed by atoms with E-state index in [1.807, 2.05) is 32.8 Å². The first-order valence-electron chi connectivity index (χ1n) is 6.56. The van der Waals surface area contributed by atoms with E-state index in [-0.39, 0.29) is 23.4 Å². The van der Waals surface area contributed by atoms with E-state index >= 15 is 0 Å². The Balaban J connectivity index is 2.55. The third kappa shape index (κ3) is 5.04. The lowest BCUT2D eigenvalue weighted by Crippen LogP contribution is -2.56. The van der Waals surface area contributed by atoms with Gasteiger partial charge in [0.15, 0.2) is 0 Å². The van der Waals surface area contributed by atoms with Gasteiger partial charge in [0.05, 0.1) is 0 Å². The molecule has 1 heterocycles. The number of hydrogen-bond acceptors (Lipinski definition) is 3. The van der Waals surface area contributed by atoms with Crippen LogP contribution in [0.4, 0.5) is 0 Å². The molecule has 0 radical (unpaired) electrons. The minimum Gasteiger partial charge on any atom is -0.348 e. The van der Waals surface area contributed by atoms with Gasteiger partial charge in [-0.05, 0) is 40.8 Å². The number of carbonyl (C=O) groups is 2. The van der Waals surface area contributed by atoms with Gasteiger partial charge in [-0.15, -0.1) is 0 Å². The monoisotopic (exact) mass is 255 g/mol. The number of rotatable bonds is 4. The molecule has 1 aliphatic heterocycles. The van der Waals surface area contributed by atoms with Crippen LogP contribution in [0.25, 0.3) is 0 Å². The maximum absolute atomic E-state index is 12.1. The van der Waals surface area contributed by atoms with E-state index < -0.39 is 0 Å². The first-order valence-corrected chi connectivity index (χ1v) is 6.56. The Morgan fingerprint density at radius 1 is 1.44 bits per heavy atom. The lowest BCUT2D eigenvalue weighted by atomic mass is 10.0. The van der Waals surface area contributed by atoms with Crippen LogP contribution >= 0.6 is 0 Å².